The number of nitrogens with zero attached hydrogens (tertiary/aromatic N) is 3. The van der Waals surface area contributed by atoms with Crippen LogP contribution >= 0.6 is 0 Å². The van der Waals surface area contributed by atoms with Crippen LogP contribution in [0.25, 0.3) is 0 Å². The normalized spacial score (nSPS) is 15.3. The van der Waals surface area contributed by atoms with Crippen molar-refractivity contribution >= 4 is 5.91 Å². The highest BCUT2D eigenvalue weighted by Crippen LogP contribution is 2.17. The van der Waals surface area contributed by atoms with Crippen molar-refractivity contribution in [1.82, 2.24) is 14.8 Å². The largest absolute Gasteiger partial charge is 0.493 e. The lowest BCUT2D eigenvalue weighted by Crippen LogP contribution is -2.48. The lowest BCUT2D eigenvalue weighted by Gasteiger charge is -2.34. The Labute approximate surface area is 155 Å². The van der Waals surface area contributed by atoms with E-state index in [9.17, 15) is 4.79 Å². The van der Waals surface area contributed by atoms with Gasteiger partial charge < -0.3 is 9.64 Å². The van der Waals surface area contributed by atoms with Crippen LogP contribution in [0.4, 0.5) is 0 Å². The van der Waals surface area contributed by atoms with Crippen molar-refractivity contribution in [1.29, 1.82) is 0 Å². The van der Waals surface area contributed by atoms with Crippen molar-refractivity contribution in [3.8, 4) is 5.75 Å². The summed E-state index contributed by atoms with van der Waals surface area (Å²) in [5.41, 5.74) is 1.91. The summed E-state index contributed by atoms with van der Waals surface area (Å²) in [4.78, 5) is 21.3. The molecule has 1 amide bonds. The molecule has 1 aromatic heterocycles. The van der Waals surface area contributed by atoms with Gasteiger partial charge in [0.1, 0.15) is 5.75 Å². The SMILES string of the molecule is CC(C)COc1cccc(C(=O)N2CCN(Cc3cccnc3)CC2)c1. The summed E-state index contributed by atoms with van der Waals surface area (Å²) in [5, 5.41) is 0. The molecule has 0 radical (unpaired) electrons. The molecule has 1 saturated heterocycles. The smallest absolute Gasteiger partial charge is 0.254 e. The van der Waals surface area contributed by atoms with E-state index in [0.29, 0.717) is 18.1 Å². The quantitative estimate of drug-likeness (QED) is 0.801. The number of piperazine rings is 1. The fraction of sp³-hybridized carbons (Fsp3) is 0.429. The van der Waals surface area contributed by atoms with Gasteiger partial charge >= 0.3 is 0 Å². The van der Waals surface area contributed by atoms with E-state index in [1.54, 1.807) is 6.20 Å². The summed E-state index contributed by atoms with van der Waals surface area (Å²) >= 11 is 0. The highest BCUT2D eigenvalue weighted by molar-refractivity contribution is 5.94. The van der Waals surface area contributed by atoms with E-state index in [1.807, 2.05) is 41.4 Å². The third kappa shape index (κ3) is 5.05. The molecule has 0 saturated carbocycles. The summed E-state index contributed by atoms with van der Waals surface area (Å²) in [6.45, 7) is 9.01. The van der Waals surface area contributed by atoms with Gasteiger partial charge in [-0.1, -0.05) is 26.0 Å². The Balaban J connectivity index is 1.54. The number of benzene rings is 1. The molecule has 1 aliphatic rings. The van der Waals surface area contributed by atoms with Gasteiger partial charge in [-0.3, -0.25) is 14.7 Å². The monoisotopic (exact) mass is 353 g/mol. The summed E-state index contributed by atoms with van der Waals surface area (Å²) in [5.74, 6) is 1.31. The minimum Gasteiger partial charge on any atom is -0.493 e. The molecule has 138 valence electrons. The Kier molecular flexibility index (Phi) is 6.23. The zero-order valence-electron chi connectivity index (χ0n) is 15.6. The second-order valence-electron chi connectivity index (χ2n) is 7.16. The van der Waals surface area contributed by atoms with E-state index in [4.69, 9.17) is 4.74 Å². The van der Waals surface area contributed by atoms with E-state index in [1.165, 1.54) is 5.56 Å². The average molecular weight is 353 g/mol. The molecule has 3 rings (SSSR count). The Morgan fingerprint density at radius 2 is 1.96 bits per heavy atom. The lowest BCUT2D eigenvalue weighted by molar-refractivity contribution is 0.0628. The molecule has 0 unspecified atom stereocenters. The van der Waals surface area contributed by atoms with Gasteiger partial charge in [0.25, 0.3) is 5.91 Å². The number of amides is 1. The predicted molar refractivity (Wildman–Crippen MR) is 102 cm³/mol. The second-order valence-corrected chi connectivity index (χ2v) is 7.16. The number of rotatable bonds is 6. The Bertz CT molecular complexity index is 710. The number of hydrogen-bond donors (Lipinski definition) is 0. The van der Waals surface area contributed by atoms with Crippen molar-refractivity contribution in [3.05, 3.63) is 59.9 Å². The summed E-state index contributed by atoms with van der Waals surface area (Å²) in [7, 11) is 0. The number of carbonyl (C=O) groups excluding carboxylic acids is 1. The molecule has 1 aliphatic heterocycles. The lowest BCUT2D eigenvalue weighted by atomic mass is 10.1. The molecule has 2 aromatic rings. The third-order valence-corrected chi connectivity index (χ3v) is 4.45. The molecule has 0 aliphatic carbocycles. The number of carbonyl (C=O) groups is 1. The zero-order valence-corrected chi connectivity index (χ0v) is 15.6. The summed E-state index contributed by atoms with van der Waals surface area (Å²) < 4.78 is 5.74. The average Bonchev–Trinajstić information content (AvgIpc) is 2.67. The maximum Gasteiger partial charge on any atom is 0.254 e. The van der Waals surface area contributed by atoms with Gasteiger partial charge in [-0.15, -0.1) is 0 Å². The van der Waals surface area contributed by atoms with E-state index in [-0.39, 0.29) is 5.91 Å². The zero-order chi connectivity index (χ0) is 18.4. The minimum atomic E-state index is 0.0843. The van der Waals surface area contributed by atoms with E-state index in [2.05, 4.69) is 29.8 Å². The fourth-order valence-corrected chi connectivity index (χ4v) is 3.02. The van der Waals surface area contributed by atoms with Gasteiger partial charge in [-0.05, 0) is 35.7 Å². The molecule has 1 fully saturated rings. The van der Waals surface area contributed by atoms with Crippen molar-refractivity contribution in [2.75, 3.05) is 32.8 Å². The highest BCUT2D eigenvalue weighted by atomic mass is 16.5. The summed E-state index contributed by atoms with van der Waals surface area (Å²) in [6.07, 6.45) is 3.69. The number of pyridine rings is 1. The van der Waals surface area contributed by atoms with Gasteiger partial charge in [0, 0.05) is 50.7 Å². The van der Waals surface area contributed by atoms with Crippen LogP contribution in [-0.4, -0.2) is 53.5 Å². The molecular weight excluding hydrogens is 326 g/mol. The maximum absolute atomic E-state index is 12.8. The number of aromatic nitrogens is 1. The first-order valence-electron chi connectivity index (χ1n) is 9.25. The topological polar surface area (TPSA) is 45.7 Å². The van der Waals surface area contributed by atoms with Gasteiger partial charge in [0.05, 0.1) is 6.61 Å². The molecule has 0 atom stereocenters. The highest BCUT2D eigenvalue weighted by Gasteiger charge is 2.22. The van der Waals surface area contributed by atoms with E-state index in [0.717, 1.165) is 38.5 Å². The molecule has 26 heavy (non-hydrogen) atoms. The van der Waals surface area contributed by atoms with Gasteiger partial charge in [0.15, 0.2) is 0 Å². The standard InChI is InChI=1S/C21H27N3O2/c1-17(2)16-26-20-7-3-6-19(13-20)21(25)24-11-9-23(10-12-24)15-18-5-4-8-22-14-18/h3-8,13-14,17H,9-12,15-16H2,1-2H3. The van der Waals surface area contributed by atoms with E-state index < -0.39 is 0 Å². The predicted octanol–water partition coefficient (Wildman–Crippen LogP) is 3.07. The van der Waals surface area contributed by atoms with Crippen LogP contribution < -0.4 is 4.74 Å². The first kappa shape index (κ1) is 18.4. The van der Waals surface area contributed by atoms with Gasteiger partial charge in [0.2, 0.25) is 0 Å². The van der Waals surface area contributed by atoms with Crippen molar-refractivity contribution in [2.45, 2.75) is 20.4 Å². The van der Waals surface area contributed by atoms with Crippen LogP contribution in [0.15, 0.2) is 48.8 Å². The van der Waals surface area contributed by atoms with Crippen LogP contribution in [0.3, 0.4) is 0 Å². The molecule has 1 aromatic carbocycles. The molecule has 0 N–H and O–H groups in total. The molecule has 0 spiro atoms. The number of hydrogen-bond acceptors (Lipinski definition) is 4. The van der Waals surface area contributed by atoms with Crippen molar-refractivity contribution in [2.24, 2.45) is 5.92 Å². The van der Waals surface area contributed by atoms with Crippen LogP contribution in [0.1, 0.15) is 29.8 Å². The molecule has 0 bridgehead atoms. The van der Waals surface area contributed by atoms with Crippen molar-refractivity contribution in [3.63, 3.8) is 0 Å². The Morgan fingerprint density at radius 3 is 2.65 bits per heavy atom. The fourth-order valence-electron chi connectivity index (χ4n) is 3.02. The Hall–Kier alpha value is -2.40. The van der Waals surface area contributed by atoms with Crippen LogP contribution in [-0.2, 0) is 6.54 Å². The summed E-state index contributed by atoms with van der Waals surface area (Å²) in [6, 6.07) is 11.6. The van der Waals surface area contributed by atoms with Crippen LogP contribution in [0.5, 0.6) is 5.75 Å². The first-order chi connectivity index (χ1) is 12.6. The van der Waals surface area contributed by atoms with Crippen LogP contribution in [0.2, 0.25) is 0 Å². The molecular formula is C21H27N3O2. The van der Waals surface area contributed by atoms with Gasteiger partial charge in [-0.25, -0.2) is 0 Å². The van der Waals surface area contributed by atoms with Crippen molar-refractivity contribution < 1.29 is 9.53 Å². The minimum absolute atomic E-state index is 0.0843. The second kappa shape index (κ2) is 8.81. The van der Waals surface area contributed by atoms with Gasteiger partial charge in [-0.2, -0.15) is 0 Å². The first-order valence-corrected chi connectivity index (χ1v) is 9.25. The number of ether oxygens (including phenoxy) is 1. The Morgan fingerprint density at radius 1 is 1.15 bits per heavy atom. The third-order valence-electron chi connectivity index (χ3n) is 4.45. The van der Waals surface area contributed by atoms with Crippen LogP contribution in [0, 0.1) is 5.92 Å². The maximum atomic E-state index is 12.8. The molecule has 2 heterocycles. The molecule has 5 nitrogen and oxygen atoms in total. The van der Waals surface area contributed by atoms with E-state index >= 15 is 0 Å². The molecule has 5 heteroatoms.